The number of aromatic nitrogens is 2. The van der Waals surface area contributed by atoms with Crippen LogP contribution in [0.5, 0.6) is 0 Å². The lowest BCUT2D eigenvalue weighted by atomic mass is 9.98. The van der Waals surface area contributed by atoms with Crippen molar-refractivity contribution in [3.05, 3.63) is 130 Å². The first-order valence-corrected chi connectivity index (χ1v) is 19.9. The van der Waals surface area contributed by atoms with E-state index >= 15 is 0 Å². The number of nitrogens with one attached hydrogen (secondary N) is 2. The number of likely N-dealkylation sites (tertiary alicyclic amines) is 1. The SMILES string of the molecule is O=C(O)CCCCCCC(=O)NCc1cccc(-c2ccc([C@@H]3O[C@H](CN4CCC(n5c(=O)[nH]c6ccccc65)CC4)C[C@H](c4ccc(CO)cc4)O3)cc2)c1. The Morgan fingerprint density at radius 3 is 2.27 bits per heavy atom. The molecule has 3 heterocycles. The summed E-state index contributed by atoms with van der Waals surface area (Å²) in [7, 11) is 0. The van der Waals surface area contributed by atoms with Crippen LogP contribution in [-0.2, 0) is 32.2 Å². The molecule has 0 aliphatic carbocycles. The van der Waals surface area contributed by atoms with Crippen molar-refractivity contribution in [2.75, 3.05) is 19.6 Å². The maximum Gasteiger partial charge on any atom is 0.326 e. The number of rotatable bonds is 16. The molecule has 56 heavy (non-hydrogen) atoms. The summed E-state index contributed by atoms with van der Waals surface area (Å²) in [5.41, 5.74) is 7.72. The monoisotopic (exact) mass is 760 g/mol. The molecule has 0 saturated carbocycles. The predicted octanol–water partition coefficient (Wildman–Crippen LogP) is 7.41. The second kappa shape index (κ2) is 18.7. The van der Waals surface area contributed by atoms with Gasteiger partial charge in [-0.2, -0.15) is 0 Å². The number of carboxylic acids is 1. The van der Waals surface area contributed by atoms with Gasteiger partial charge in [0, 0.05) is 57.0 Å². The first-order valence-electron chi connectivity index (χ1n) is 19.9. The number of aliphatic carboxylic acids is 1. The number of carboxylic acid groups (broad SMARTS) is 1. The van der Waals surface area contributed by atoms with Gasteiger partial charge in [-0.05, 0) is 71.7 Å². The molecule has 4 aromatic carbocycles. The molecule has 4 N–H and O–H groups in total. The molecule has 2 aliphatic heterocycles. The van der Waals surface area contributed by atoms with Crippen molar-refractivity contribution < 1.29 is 29.3 Å². The average Bonchev–Trinajstić information content (AvgIpc) is 3.57. The van der Waals surface area contributed by atoms with Crippen LogP contribution in [0, 0.1) is 0 Å². The molecular weight excluding hydrogens is 709 g/mol. The van der Waals surface area contributed by atoms with Crippen LogP contribution in [0.15, 0.2) is 102 Å². The normalized spacial score (nSPS) is 19.3. The van der Waals surface area contributed by atoms with Crippen molar-refractivity contribution in [2.24, 2.45) is 0 Å². The number of carbonyl (C=O) groups excluding carboxylic acids is 1. The molecule has 2 aliphatic rings. The highest BCUT2D eigenvalue weighted by Gasteiger charge is 2.34. The van der Waals surface area contributed by atoms with E-state index < -0.39 is 12.3 Å². The third kappa shape index (κ3) is 10.0. The number of unbranched alkanes of at least 4 members (excludes halogenated alkanes) is 3. The molecule has 3 atom stereocenters. The van der Waals surface area contributed by atoms with Crippen LogP contribution in [-0.4, -0.2) is 62.3 Å². The third-order valence-corrected chi connectivity index (χ3v) is 11.1. The van der Waals surface area contributed by atoms with Gasteiger partial charge in [-0.3, -0.25) is 14.2 Å². The number of H-pyrrole nitrogens is 1. The lowest BCUT2D eigenvalue weighted by Gasteiger charge is -2.40. The minimum atomic E-state index is -0.777. The first kappa shape index (κ1) is 39.2. The van der Waals surface area contributed by atoms with Gasteiger partial charge in [0.1, 0.15) is 0 Å². The molecule has 2 fully saturated rings. The Kier molecular flexibility index (Phi) is 13.1. The van der Waals surface area contributed by atoms with E-state index in [2.05, 4.69) is 51.6 Å². The summed E-state index contributed by atoms with van der Waals surface area (Å²) in [4.78, 5) is 41.4. The molecule has 1 aromatic heterocycles. The van der Waals surface area contributed by atoms with Crippen LogP contribution in [0.4, 0.5) is 0 Å². The van der Waals surface area contributed by atoms with Gasteiger partial charge >= 0.3 is 11.7 Å². The van der Waals surface area contributed by atoms with Gasteiger partial charge in [0.25, 0.3) is 0 Å². The second-order valence-corrected chi connectivity index (χ2v) is 15.1. The number of aliphatic hydroxyl groups excluding tert-OH is 1. The number of aromatic amines is 1. The lowest BCUT2D eigenvalue weighted by molar-refractivity contribution is -0.253. The number of amides is 1. The van der Waals surface area contributed by atoms with Crippen molar-refractivity contribution in [3.8, 4) is 11.1 Å². The minimum absolute atomic E-state index is 0.00169. The zero-order chi connectivity index (χ0) is 38.9. The molecule has 1 amide bonds. The Morgan fingerprint density at radius 2 is 1.52 bits per heavy atom. The van der Waals surface area contributed by atoms with Crippen LogP contribution in [0.1, 0.15) is 98.5 Å². The van der Waals surface area contributed by atoms with Crippen molar-refractivity contribution in [2.45, 2.75) is 95.5 Å². The quantitative estimate of drug-likeness (QED) is 0.0761. The molecule has 11 heteroatoms. The summed E-state index contributed by atoms with van der Waals surface area (Å²) in [6.07, 6.45) is 5.30. The van der Waals surface area contributed by atoms with Gasteiger partial charge in [-0.25, -0.2) is 4.79 Å². The maximum absolute atomic E-state index is 12.9. The predicted molar refractivity (Wildman–Crippen MR) is 215 cm³/mol. The number of aliphatic hydroxyl groups is 1. The fraction of sp³-hybridized carbons (Fsp3) is 0.400. The van der Waals surface area contributed by atoms with E-state index in [1.807, 2.05) is 65.2 Å². The smallest absolute Gasteiger partial charge is 0.326 e. The summed E-state index contributed by atoms with van der Waals surface area (Å²) < 4.78 is 15.3. The summed E-state index contributed by atoms with van der Waals surface area (Å²) in [5.74, 6) is -0.779. The van der Waals surface area contributed by atoms with Gasteiger partial charge in [-0.1, -0.05) is 91.7 Å². The molecule has 7 rings (SSSR count). The third-order valence-electron chi connectivity index (χ3n) is 11.1. The lowest BCUT2D eigenvalue weighted by Crippen LogP contribution is -2.43. The van der Waals surface area contributed by atoms with Gasteiger partial charge < -0.3 is 34.9 Å². The Balaban J connectivity index is 0.975. The maximum atomic E-state index is 12.9. The summed E-state index contributed by atoms with van der Waals surface area (Å²) in [5, 5.41) is 21.4. The number of fused-ring (bicyclic) bond motifs is 1. The van der Waals surface area contributed by atoms with Crippen molar-refractivity contribution in [1.29, 1.82) is 0 Å². The second-order valence-electron chi connectivity index (χ2n) is 15.1. The van der Waals surface area contributed by atoms with E-state index in [9.17, 15) is 19.5 Å². The molecule has 11 nitrogen and oxygen atoms in total. The van der Waals surface area contributed by atoms with E-state index in [0.29, 0.717) is 25.8 Å². The van der Waals surface area contributed by atoms with Gasteiger partial charge in [-0.15, -0.1) is 0 Å². The molecular formula is C45H52N4O7. The largest absolute Gasteiger partial charge is 0.481 e. The Morgan fingerprint density at radius 1 is 0.786 bits per heavy atom. The van der Waals surface area contributed by atoms with Crippen LogP contribution in [0.25, 0.3) is 22.2 Å². The van der Waals surface area contributed by atoms with E-state index in [-0.39, 0.29) is 42.9 Å². The number of nitrogens with zero attached hydrogens (tertiary/aromatic N) is 2. The molecule has 2 saturated heterocycles. The Hall–Kier alpha value is -5.07. The number of benzene rings is 4. The average molecular weight is 761 g/mol. The van der Waals surface area contributed by atoms with E-state index in [0.717, 1.165) is 96.2 Å². The summed E-state index contributed by atoms with van der Waals surface area (Å²) in [6, 6.07) is 32.4. The first-order chi connectivity index (χ1) is 27.3. The van der Waals surface area contributed by atoms with E-state index in [4.69, 9.17) is 14.6 Å². The Labute approximate surface area is 327 Å². The topological polar surface area (TPSA) is 146 Å². The highest BCUT2D eigenvalue weighted by Crippen LogP contribution is 2.39. The molecule has 0 unspecified atom stereocenters. The van der Waals surface area contributed by atoms with Crippen LogP contribution < -0.4 is 11.0 Å². The molecule has 0 spiro atoms. The number of para-hydroxylation sites is 2. The van der Waals surface area contributed by atoms with Crippen LogP contribution in [0.2, 0.25) is 0 Å². The summed E-state index contributed by atoms with van der Waals surface area (Å²) in [6.45, 7) is 2.92. The van der Waals surface area contributed by atoms with Crippen LogP contribution >= 0.6 is 0 Å². The molecule has 0 bridgehead atoms. The highest BCUT2D eigenvalue weighted by molar-refractivity contribution is 5.76. The number of piperidine rings is 1. The molecule has 5 aromatic rings. The number of ether oxygens (including phenoxy) is 2. The van der Waals surface area contributed by atoms with Crippen molar-refractivity contribution >= 4 is 22.9 Å². The Bertz CT molecular complexity index is 2120. The number of carbonyl (C=O) groups is 2. The molecule has 0 radical (unpaired) electrons. The number of hydrogen-bond acceptors (Lipinski definition) is 7. The van der Waals surface area contributed by atoms with E-state index in [1.54, 1.807) is 0 Å². The zero-order valence-corrected chi connectivity index (χ0v) is 31.8. The highest BCUT2D eigenvalue weighted by atomic mass is 16.7. The van der Waals surface area contributed by atoms with Gasteiger partial charge in [0.2, 0.25) is 5.91 Å². The van der Waals surface area contributed by atoms with Crippen molar-refractivity contribution in [1.82, 2.24) is 19.8 Å². The zero-order valence-electron chi connectivity index (χ0n) is 31.8. The van der Waals surface area contributed by atoms with Gasteiger partial charge in [0.05, 0.1) is 29.8 Å². The molecule has 294 valence electrons. The van der Waals surface area contributed by atoms with Crippen molar-refractivity contribution in [3.63, 3.8) is 0 Å². The minimum Gasteiger partial charge on any atom is -0.481 e. The fourth-order valence-electron chi connectivity index (χ4n) is 8.02. The standard InChI is InChI=1S/C45H52N4O7/c50-30-31-14-16-34(17-15-31)41-27-38(29-48-24-22-37(23-25-48)49-40-11-6-5-10-39(40)47-45(49)54)55-44(56-41)35-20-18-33(19-21-35)36-9-7-8-32(26-36)28-46-42(51)12-3-1-2-4-13-43(52)53/h5-11,14-21,26,37-38,41,44,50H,1-4,12-13,22-25,27-30H2,(H,46,51)(H,47,54)(H,52,53)/t38-,41+,44+/m0/s1. The fourth-order valence-corrected chi connectivity index (χ4v) is 8.02. The number of imidazole rings is 1. The van der Waals surface area contributed by atoms with Crippen LogP contribution in [0.3, 0.4) is 0 Å². The summed E-state index contributed by atoms with van der Waals surface area (Å²) >= 11 is 0. The number of hydrogen-bond donors (Lipinski definition) is 4. The van der Waals surface area contributed by atoms with E-state index in [1.165, 1.54) is 0 Å². The van der Waals surface area contributed by atoms with Gasteiger partial charge in [0.15, 0.2) is 6.29 Å².